The highest BCUT2D eigenvalue weighted by Gasteiger charge is 2.51. The van der Waals surface area contributed by atoms with Crippen molar-refractivity contribution in [2.75, 3.05) is 0 Å². The van der Waals surface area contributed by atoms with Gasteiger partial charge in [0, 0.05) is 0 Å². The first-order valence-corrected chi connectivity index (χ1v) is 8.71. The molecule has 1 aliphatic carbocycles. The van der Waals surface area contributed by atoms with Crippen molar-refractivity contribution in [3.05, 3.63) is 59.7 Å². The Labute approximate surface area is 146 Å². The van der Waals surface area contributed by atoms with Crippen LogP contribution in [0.4, 0.5) is 4.79 Å². The lowest BCUT2D eigenvalue weighted by Crippen LogP contribution is -2.37. The van der Waals surface area contributed by atoms with Crippen LogP contribution in [0.25, 0.3) is 21.5 Å². The number of hydrogen-bond acceptors (Lipinski definition) is 4. The third kappa shape index (κ3) is 1.74. The molecule has 5 heteroatoms. The average molecular weight is 385 g/mol. The van der Waals surface area contributed by atoms with Crippen molar-refractivity contribution in [3.63, 3.8) is 0 Å². The van der Waals surface area contributed by atoms with Crippen LogP contribution < -0.4 is 0 Å². The third-order valence-electron chi connectivity index (χ3n) is 4.97. The molecule has 0 unspecified atom stereocenters. The van der Waals surface area contributed by atoms with Gasteiger partial charge in [0.25, 0.3) is 0 Å². The van der Waals surface area contributed by atoms with E-state index in [0.717, 1.165) is 32.7 Å². The van der Waals surface area contributed by atoms with Crippen molar-refractivity contribution < 1.29 is 19.4 Å². The van der Waals surface area contributed by atoms with Gasteiger partial charge in [-0.25, -0.2) is 4.79 Å². The predicted molar refractivity (Wildman–Crippen MR) is 93.2 cm³/mol. The number of rotatable bonds is 0. The maximum absolute atomic E-state index is 11.6. The first-order chi connectivity index (χ1) is 11.7. The highest BCUT2D eigenvalue weighted by atomic mass is 79.9. The Balaban J connectivity index is 1.94. The van der Waals surface area contributed by atoms with E-state index in [-0.39, 0.29) is 4.83 Å². The molecule has 3 aromatic carbocycles. The molecule has 1 fully saturated rings. The van der Waals surface area contributed by atoms with E-state index in [9.17, 15) is 9.90 Å². The van der Waals surface area contributed by atoms with Crippen LogP contribution in [-0.2, 0) is 9.47 Å². The Morgan fingerprint density at radius 1 is 0.792 bits per heavy atom. The van der Waals surface area contributed by atoms with E-state index in [4.69, 9.17) is 9.47 Å². The van der Waals surface area contributed by atoms with E-state index in [2.05, 4.69) is 28.1 Å². The van der Waals surface area contributed by atoms with E-state index in [1.165, 1.54) is 0 Å². The lowest BCUT2D eigenvalue weighted by molar-refractivity contribution is 0.00462. The van der Waals surface area contributed by atoms with Gasteiger partial charge < -0.3 is 14.6 Å². The number of alkyl halides is 1. The molecule has 0 saturated carbocycles. The number of aliphatic hydroxyl groups is 1. The number of hydrogen-bond donors (Lipinski definition) is 1. The van der Waals surface area contributed by atoms with Gasteiger partial charge >= 0.3 is 6.16 Å². The zero-order chi connectivity index (χ0) is 16.4. The zero-order valence-corrected chi connectivity index (χ0v) is 14.1. The molecule has 0 bridgehead atoms. The average Bonchev–Trinajstić information content (AvgIpc) is 3.01. The van der Waals surface area contributed by atoms with Gasteiger partial charge in [0.15, 0.2) is 12.2 Å². The van der Waals surface area contributed by atoms with Crippen molar-refractivity contribution in [1.29, 1.82) is 0 Å². The molecule has 0 amide bonds. The topological polar surface area (TPSA) is 55.8 Å². The summed E-state index contributed by atoms with van der Waals surface area (Å²) in [7, 11) is 0. The molecule has 120 valence electrons. The third-order valence-corrected chi connectivity index (χ3v) is 5.95. The summed E-state index contributed by atoms with van der Waals surface area (Å²) in [5.41, 5.74) is 1.78. The summed E-state index contributed by atoms with van der Waals surface area (Å²) in [6.07, 6.45) is -2.88. The zero-order valence-electron chi connectivity index (χ0n) is 12.5. The maximum atomic E-state index is 11.6. The van der Waals surface area contributed by atoms with Crippen LogP contribution in [0.1, 0.15) is 22.1 Å². The van der Waals surface area contributed by atoms with E-state index < -0.39 is 24.5 Å². The lowest BCUT2D eigenvalue weighted by Gasteiger charge is -2.34. The van der Waals surface area contributed by atoms with Crippen LogP contribution in [0.3, 0.4) is 0 Å². The van der Waals surface area contributed by atoms with Gasteiger partial charge in [0.2, 0.25) is 0 Å². The summed E-state index contributed by atoms with van der Waals surface area (Å²) in [5.74, 6) is 0. The molecule has 1 N–H and O–H groups in total. The monoisotopic (exact) mass is 384 g/mol. The Bertz CT molecular complexity index is 920. The van der Waals surface area contributed by atoms with Gasteiger partial charge in [-0.15, -0.1) is 0 Å². The quantitative estimate of drug-likeness (QED) is 0.355. The first-order valence-electron chi connectivity index (χ1n) is 7.79. The Morgan fingerprint density at radius 3 is 1.92 bits per heavy atom. The van der Waals surface area contributed by atoms with Gasteiger partial charge in [0.05, 0.1) is 4.83 Å². The smallest absolute Gasteiger partial charge is 0.425 e. The van der Waals surface area contributed by atoms with Gasteiger partial charge in [-0.2, -0.15) is 0 Å². The van der Waals surface area contributed by atoms with Crippen LogP contribution in [0.15, 0.2) is 48.5 Å². The summed E-state index contributed by atoms with van der Waals surface area (Å²) in [5, 5.41) is 15.2. The molecular formula is C19H13BrO4. The van der Waals surface area contributed by atoms with E-state index >= 15 is 0 Å². The maximum Gasteiger partial charge on any atom is 0.509 e. The van der Waals surface area contributed by atoms with Crippen LogP contribution in [0.5, 0.6) is 0 Å². The molecule has 0 spiro atoms. The van der Waals surface area contributed by atoms with Crippen molar-refractivity contribution in [3.8, 4) is 0 Å². The van der Waals surface area contributed by atoms with Crippen LogP contribution >= 0.6 is 15.9 Å². The second-order valence-electron chi connectivity index (χ2n) is 6.18. The number of aliphatic hydroxyl groups excluding tert-OH is 1. The molecule has 0 radical (unpaired) electrons. The molecule has 24 heavy (non-hydrogen) atoms. The van der Waals surface area contributed by atoms with Gasteiger partial charge in [0.1, 0.15) is 6.10 Å². The second kappa shape index (κ2) is 4.94. The molecule has 3 aromatic rings. The molecular weight excluding hydrogens is 372 g/mol. The lowest BCUT2D eigenvalue weighted by atomic mass is 9.79. The SMILES string of the molecule is O=C1O[C@@H]2[C@H](O1)[C@H](O)c1c(c3ccccc3c3ccccc13)[C@@H]2Br. The van der Waals surface area contributed by atoms with Crippen molar-refractivity contribution in [2.24, 2.45) is 0 Å². The highest BCUT2D eigenvalue weighted by molar-refractivity contribution is 9.09. The number of ether oxygens (including phenoxy) is 2. The number of fused-ring (bicyclic) bond motifs is 7. The summed E-state index contributed by atoms with van der Waals surface area (Å²) in [6, 6.07) is 16.1. The number of carbonyl (C=O) groups is 1. The summed E-state index contributed by atoms with van der Waals surface area (Å²) < 4.78 is 10.5. The van der Waals surface area contributed by atoms with Crippen LogP contribution in [-0.4, -0.2) is 23.5 Å². The fourth-order valence-electron chi connectivity index (χ4n) is 3.99. The minimum Gasteiger partial charge on any atom is -0.425 e. The molecule has 1 saturated heterocycles. The van der Waals surface area contributed by atoms with Crippen molar-refractivity contribution >= 4 is 43.6 Å². The first kappa shape index (κ1) is 14.3. The molecule has 1 aliphatic heterocycles. The predicted octanol–water partition coefficient (Wildman–Crippen LogP) is 4.38. The molecule has 1 heterocycles. The fraction of sp³-hybridized carbons (Fsp3) is 0.211. The standard InChI is InChI=1S/C19H13BrO4/c20-15-13-11-7-3-1-5-9(11)10-6-2-4-8-12(10)14(13)16(21)18-17(15)23-19(22)24-18/h1-8,15-18,21H/t15-,16+,17-,18+/m0/s1. The summed E-state index contributed by atoms with van der Waals surface area (Å²) >= 11 is 3.69. The van der Waals surface area contributed by atoms with Gasteiger partial charge in [-0.1, -0.05) is 64.5 Å². The van der Waals surface area contributed by atoms with Crippen molar-refractivity contribution in [2.45, 2.75) is 23.1 Å². The van der Waals surface area contributed by atoms with Crippen LogP contribution in [0.2, 0.25) is 0 Å². The van der Waals surface area contributed by atoms with Gasteiger partial charge in [-0.3, -0.25) is 0 Å². The Kier molecular flexibility index (Phi) is 2.94. The van der Waals surface area contributed by atoms with Crippen LogP contribution in [0, 0.1) is 0 Å². The van der Waals surface area contributed by atoms with E-state index in [0.29, 0.717) is 0 Å². The minimum atomic E-state index is -0.917. The van der Waals surface area contributed by atoms with E-state index in [1.807, 2.05) is 36.4 Å². The fourth-order valence-corrected chi connectivity index (χ4v) is 4.90. The molecule has 5 rings (SSSR count). The number of carbonyl (C=O) groups excluding carboxylic acids is 1. The highest BCUT2D eigenvalue weighted by Crippen LogP contribution is 2.51. The van der Waals surface area contributed by atoms with Gasteiger partial charge in [-0.05, 0) is 32.7 Å². The summed E-state index contributed by atoms with van der Waals surface area (Å²) in [4.78, 5) is 11.4. The van der Waals surface area contributed by atoms with Crippen molar-refractivity contribution in [1.82, 2.24) is 0 Å². The molecule has 4 atom stereocenters. The Morgan fingerprint density at radius 2 is 1.29 bits per heavy atom. The largest absolute Gasteiger partial charge is 0.509 e. The summed E-state index contributed by atoms with van der Waals surface area (Å²) in [6.45, 7) is 0. The Hall–Kier alpha value is -2.11. The molecule has 2 aliphatic rings. The molecule has 0 aromatic heterocycles. The molecule has 4 nitrogen and oxygen atoms in total. The minimum absolute atomic E-state index is 0.234. The normalized spacial score (nSPS) is 28.3. The van der Waals surface area contributed by atoms with E-state index in [1.54, 1.807) is 0 Å². The number of halogens is 1. The number of benzene rings is 3. The second-order valence-corrected chi connectivity index (χ2v) is 7.17.